The summed E-state index contributed by atoms with van der Waals surface area (Å²) in [6.45, 7) is 11.2. The predicted octanol–water partition coefficient (Wildman–Crippen LogP) is 4.69. The van der Waals surface area contributed by atoms with Crippen molar-refractivity contribution in [3.63, 3.8) is 0 Å². The molecular formula is C22H35N3O2. The highest BCUT2D eigenvalue weighted by molar-refractivity contribution is 5.89. The molecule has 1 aromatic rings. The van der Waals surface area contributed by atoms with Gasteiger partial charge in [-0.15, -0.1) is 0 Å². The first-order valence-electron chi connectivity index (χ1n) is 10.1. The SMILES string of the molecule is CC(C)NC(=O)Nc1ccc(CNC(=O)C2CCC(C(C)(C)C)CC2)cc1. The minimum Gasteiger partial charge on any atom is -0.352 e. The van der Waals surface area contributed by atoms with Gasteiger partial charge in [-0.2, -0.15) is 0 Å². The molecule has 0 unspecified atom stereocenters. The second-order valence-electron chi connectivity index (χ2n) is 9.08. The van der Waals surface area contributed by atoms with Crippen molar-refractivity contribution in [2.75, 3.05) is 5.32 Å². The van der Waals surface area contributed by atoms with E-state index in [1.807, 2.05) is 38.1 Å². The van der Waals surface area contributed by atoms with Gasteiger partial charge in [-0.3, -0.25) is 4.79 Å². The number of nitrogens with one attached hydrogen (secondary N) is 3. The van der Waals surface area contributed by atoms with Crippen LogP contribution in [0, 0.1) is 17.3 Å². The first kappa shape index (κ1) is 21.3. The Hall–Kier alpha value is -2.04. The highest BCUT2D eigenvalue weighted by Gasteiger charge is 2.32. The summed E-state index contributed by atoms with van der Waals surface area (Å²) in [6.07, 6.45) is 4.25. The highest BCUT2D eigenvalue weighted by atomic mass is 16.2. The molecule has 1 saturated carbocycles. The summed E-state index contributed by atoms with van der Waals surface area (Å²) in [4.78, 5) is 24.2. The van der Waals surface area contributed by atoms with Crippen molar-refractivity contribution in [1.82, 2.24) is 10.6 Å². The van der Waals surface area contributed by atoms with E-state index in [2.05, 4.69) is 36.7 Å². The lowest BCUT2D eigenvalue weighted by Gasteiger charge is -2.36. The molecule has 0 radical (unpaired) electrons. The Bertz CT molecular complexity index is 624. The molecule has 0 aliphatic heterocycles. The fraction of sp³-hybridized carbons (Fsp3) is 0.636. The Morgan fingerprint density at radius 3 is 2.15 bits per heavy atom. The number of carbonyl (C=O) groups is 2. The van der Waals surface area contributed by atoms with E-state index >= 15 is 0 Å². The molecule has 1 aromatic carbocycles. The molecule has 150 valence electrons. The first-order chi connectivity index (χ1) is 12.6. The van der Waals surface area contributed by atoms with Gasteiger partial charge >= 0.3 is 6.03 Å². The van der Waals surface area contributed by atoms with Gasteiger partial charge in [0.05, 0.1) is 0 Å². The molecule has 0 spiro atoms. The van der Waals surface area contributed by atoms with Gasteiger partial charge in [0.15, 0.2) is 0 Å². The van der Waals surface area contributed by atoms with Crippen LogP contribution in [0.3, 0.4) is 0 Å². The molecule has 1 fully saturated rings. The van der Waals surface area contributed by atoms with Gasteiger partial charge in [-0.25, -0.2) is 4.79 Å². The summed E-state index contributed by atoms with van der Waals surface area (Å²) in [5.74, 6) is 1.03. The quantitative estimate of drug-likeness (QED) is 0.701. The third-order valence-corrected chi connectivity index (χ3v) is 5.42. The van der Waals surface area contributed by atoms with Crippen LogP contribution >= 0.6 is 0 Å². The molecule has 5 nitrogen and oxygen atoms in total. The van der Waals surface area contributed by atoms with Crippen LogP contribution in [0.2, 0.25) is 0 Å². The van der Waals surface area contributed by atoms with Crippen LogP contribution < -0.4 is 16.0 Å². The Balaban J connectivity index is 1.76. The molecule has 3 amide bonds. The van der Waals surface area contributed by atoms with E-state index in [-0.39, 0.29) is 23.9 Å². The minimum atomic E-state index is -0.211. The smallest absolute Gasteiger partial charge is 0.319 e. The topological polar surface area (TPSA) is 70.2 Å². The fourth-order valence-electron chi connectivity index (χ4n) is 3.69. The minimum absolute atomic E-state index is 0.0953. The lowest BCUT2D eigenvalue weighted by molar-refractivity contribution is -0.126. The number of carbonyl (C=O) groups excluding carboxylic acids is 2. The lowest BCUT2D eigenvalue weighted by atomic mass is 9.69. The van der Waals surface area contributed by atoms with E-state index in [1.54, 1.807) is 0 Å². The average molecular weight is 374 g/mol. The van der Waals surface area contributed by atoms with Crippen LogP contribution in [-0.2, 0) is 11.3 Å². The van der Waals surface area contributed by atoms with Crippen molar-refractivity contribution in [2.45, 2.75) is 72.9 Å². The molecule has 3 N–H and O–H groups in total. The maximum absolute atomic E-state index is 12.5. The molecule has 0 bridgehead atoms. The van der Waals surface area contributed by atoms with Crippen molar-refractivity contribution in [3.8, 4) is 0 Å². The number of hydrogen-bond donors (Lipinski definition) is 3. The van der Waals surface area contributed by atoms with Crippen LogP contribution in [0.5, 0.6) is 0 Å². The van der Waals surface area contributed by atoms with Crippen molar-refractivity contribution >= 4 is 17.6 Å². The molecule has 1 aliphatic carbocycles. The number of rotatable bonds is 5. The third-order valence-electron chi connectivity index (χ3n) is 5.42. The molecule has 5 heteroatoms. The molecule has 0 aromatic heterocycles. The monoisotopic (exact) mass is 373 g/mol. The van der Waals surface area contributed by atoms with E-state index in [0.717, 1.165) is 42.9 Å². The van der Waals surface area contributed by atoms with E-state index in [0.29, 0.717) is 12.0 Å². The number of amides is 3. The first-order valence-corrected chi connectivity index (χ1v) is 10.1. The summed E-state index contributed by atoms with van der Waals surface area (Å²) in [6, 6.07) is 7.46. The molecule has 2 rings (SSSR count). The maximum atomic E-state index is 12.5. The fourth-order valence-corrected chi connectivity index (χ4v) is 3.69. The Morgan fingerprint density at radius 1 is 1.04 bits per heavy atom. The zero-order valence-corrected chi connectivity index (χ0v) is 17.4. The Labute approximate surface area is 163 Å². The van der Waals surface area contributed by atoms with Gasteiger partial charge in [-0.1, -0.05) is 32.9 Å². The zero-order valence-electron chi connectivity index (χ0n) is 17.4. The van der Waals surface area contributed by atoms with Crippen molar-refractivity contribution in [3.05, 3.63) is 29.8 Å². The lowest BCUT2D eigenvalue weighted by Crippen LogP contribution is -2.35. The normalized spacial score (nSPS) is 20.2. The molecule has 0 heterocycles. The largest absolute Gasteiger partial charge is 0.352 e. The van der Waals surface area contributed by atoms with E-state index < -0.39 is 0 Å². The third kappa shape index (κ3) is 6.89. The molecule has 1 aliphatic rings. The zero-order chi connectivity index (χ0) is 20.0. The average Bonchev–Trinajstić information content (AvgIpc) is 2.59. The van der Waals surface area contributed by atoms with Gasteiger partial charge in [-0.05, 0) is 68.6 Å². The second-order valence-corrected chi connectivity index (χ2v) is 9.08. The van der Waals surface area contributed by atoms with E-state index in [4.69, 9.17) is 0 Å². The summed E-state index contributed by atoms with van der Waals surface area (Å²) in [5, 5.41) is 8.65. The second kappa shape index (κ2) is 9.25. The van der Waals surface area contributed by atoms with Crippen LogP contribution in [0.25, 0.3) is 0 Å². The summed E-state index contributed by atoms with van der Waals surface area (Å²) in [5.41, 5.74) is 2.11. The van der Waals surface area contributed by atoms with Crippen LogP contribution in [0.15, 0.2) is 24.3 Å². The van der Waals surface area contributed by atoms with Gasteiger partial charge in [0.1, 0.15) is 0 Å². The van der Waals surface area contributed by atoms with Crippen LogP contribution in [-0.4, -0.2) is 18.0 Å². The highest BCUT2D eigenvalue weighted by Crippen LogP contribution is 2.39. The summed E-state index contributed by atoms with van der Waals surface area (Å²) >= 11 is 0. The van der Waals surface area contributed by atoms with E-state index in [1.165, 1.54) is 0 Å². The Kier molecular flexibility index (Phi) is 7.28. The number of urea groups is 1. The van der Waals surface area contributed by atoms with E-state index in [9.17, 15) is 9.59 Å². The number of anilines is 1. The molecule has 0 saturated heterocycles. The molecular weight excluding hydrogens is 338 g/mol. The standard InChI is InChI=1S/C22H35N3O2/c1-15(2)24-21(27)25-19-12-6-16(7-13-19)14-23-20(26)17-8-10-18(11-9-17)22(3,4)5/h6-7,12-13,15,17-18H,8-11,14H2,1-5H3,(H,23,26)(H2,24,25,27). The van der Waals surface area contributed by atoms with Gasteiger partial charge in [0.25, 0.3) is 0 Å². The van der Waals surface area contributed by atoms with Crippen molar-refractivity contribution in [2.24, 2.45) is 17.3 Å². The maximum Gasteiger partial charge on any atom is 0.319 e. The molecule has 0 atom stereocenters. The van der Waals surface area contributed by atoms with Gasteiger partial charge in [0.2, 0.25) is 5.91 Å². The summed E-state index contributed by atoms with van der Waals surface area (Å²) < 4.78 is 0. The molecule has 27 heavy (non-hydrogen) atoms. The number of benzene rings is 1. The van der Waals surface area contributed by atoms with Crippen LogP contribution in [0.1, 0.15) is 65.9 Å². The summed E-state index contributed by atoms with van der Waals surface area (Å²) in [7, 11) is 0. The number of hydrogen-bond acceptors (Lipinski definition) is 2. The van der Waals surface area contributed by atoms with Crippen molar-refractivity contribution in [1.29, 1.82) is 0 Å². The van der Waals surface area contributed by atoms with Gasteiger partial charge in [0, 0.05) is 24.2 Å². The van der Waals surface area contributed by atoms with Crippen molar-refractivity contribution < 1.29 is 9.59 Å². The van der Waals surface area contributed by atoms with Crippen LogP contribution in [0.4, 0.5) is 10.5 Å². The Morgan fingerprint density at radius 2 is 1.63 bits per heavy atom. The van der Waals surface area contributed by atoms with Gasteiger partial charge < -0.3 is 16.0 Å². The predicted molar refractivity (Wildman–Crippen MR) is 110 cm³/mol.